The number of hydrogen-bond acceptors (Lipinski definition) is 5. The Kier molecular flexibility index (Phi) is 9.77. The number of benzene rings is 2. The Labute approximate surface area is 204 Å². The first-order valence-corrected chi connectivity index (χ1v) is 12.6. The molecular formula is C28H41N3O3. The van der Waals surface area contributed by atoms with Crippen LogP contribution in [0.4, 0.5) is 17.1 Å². The highest BCUT2D eigenvalue weighted by molar-refractivity contribution is 5.62. The molecule has 186 valence electrons. The van der Waals surface area contributed by atoms with Crippen LogP contribution in [0.3, 0.4) is 0 Å². The van der Waals surface area contributed by atoms with E-state index in [1.54, 1.807) is 18.2 Å². The largest absolute Gasteiger partial charge is 0.505 e. The maximum Gasteiger partial charge on any atom is 0.296 e. The molecule has 2 rings (SSSR count). The maximum absolute atomic E-state index is 11.4. The quantitative estimate of drug-likeness (QED) is 0.138. The summed E-state index contributed by atoms with van der Waals surface area (Å²) in [4.78, 5) is 10.9. The van der Waals surface area contributed by atoms with E-state index in [4.69, 9.17) is 0 Å². The number of phenolic OH excluding ortho intramolecular Hbond substituents is 1. The lowest BCUT2D eigenvalue weighted by Gasteiger charge is -2.31. The Hall–Kier alpha value is -2.76. The van der Waals surface area contributed by atoms with Crippen molar-refractivity contribution >= 4 is 17.1 Å². The Morgan fingerprint density at radius 2 is 1.41 bits per heavy atom. The van der Waals surface area contributed by atoms with E-state index in [0.29, 0.717) is 5.69 Å². The smallest absolute Gasteiger partial charge is 0.296 e. The third kappa shape index (κ3) is 7.12. The molecule has 0 unspecified atom stereocenters. The van der Waals surface area contributed by atoms with E-state index < -0.39 is 4.92 Å². The van der Waals surface area contributed by atoms with Gasteiger partial charge in [-0.05, 0) is 41.4 Å². The summed E-state index contributed by atoms with van der Waals surface area (Å²) in [6, 6.07) is 10.3. The van der Waals surface area contributed by atoms with Crippen molar-refractivity contribution in [2.75, 3.05) is 0 Å². The molecule has 34 heavy (non-hydrogen) atoms. The summed E-state index contributed by atoms with van der Waals surface area (Å²) >= 11 is 0. The molecule has 0 bridgehead atoms. The van der Waals surface area contributed by atoms with Crippen LogP contribution in [0.25, 0.3) is 0 Å². The zero-order valence-corrected chi connectivity index (χ0v) is 21.7. The van der Waals surface area contributed by atoms with Crippen molar-refractivity contribution in [2.45, 2.75) is 104 Å². The number of nitro groups is 1. The minimum atomic E-state index is -0.469. The predicted octanol–water partition coefficient (Wildman–Crippen LogP) is 9.43. The van der Waals surface area contributed by atoms with Crippen LogP contribution in [-0.4, -0.2) is 10.0 Å². The summed E-state index contributed by atoms with van der Waals surface area (Å²) in [5.41, 5.74) is 2.05. The van der Waals surface area contributed by atoms with Gasteiger partial charge >= 0.3 is 0 Å². The summed E-state index contributed by atoms with van der Waals surface area (Å²) < 4.78 is 0. The van der Waals surface area contributed by atoms with Gasteiger partial charge in [0.1, 0.15) is 11.4 Å². The minimum absolute atomic E-state index is 0.0971. The number of hydrogen-bond donors (Lipinski definition) is 1. The monoisotopic (exact) mass is 467 g/mol. The second kappa shape index (κ2) is 12.1. The fourth-order valence-electron chi connectivity index (χ4n) is 4.33. The number of para-hydroxylation sites is 1. The standard InChI is InChI=1S/C28H41N3O3/c1-7-9-13-17-27(3,4)21-19-22(28(5,6)18-14-10-8-2)26(32)24(20-21)30-29-23-15-11-12-16-25(23)31(33)34/h11-12,15-16,19-20,32H,7-10,13-14,17-18H2,1-6H3. The molecule has 1 N–H and O–H groups in total. The van der Waals surface area contributed by atoms with E-state index in [-0.39, 0.29) is 28.0 Å². The lowest BCUT2D eigenvalue weighted by molar-refractivity contribution is -0.384. The van der Waals surface area contributed by atoms with Gasteiger partial charge in [-0.1, -0.05) is 98.3 Å². The van der Waals surface area contributed by atoms with Gasteiger partial charge in [0.25, 0.3) is 5.69 Å². The highest BCUT2D eigenvalue weighted by Gasteiger charge is 2.29. The van der Waals surface area contributed by atoms with Crippen LogP contribution in [0.5, 0.6) is 5.75 Å². The van der Waals surface area contributed by atoms with Crippen molar-refractivity contribution in [3.8, 4) is 5.75 Å². The molecule has 0 spiro atoms. The maximum atomic E-state index is 11.4. The topological polar surface area (TPSA) is 88.1 Å². The first-order valence-electron chi connectivity index (χ1n) is 12.6. The lowest BCUT2D eigenvalue weighted by Crippen LogP contribution is -2.21. The van der Waals surface area contributed by atoms with Crippen LogP contribution in [-0.2, 0) is 10.8 Å². The first kappa shape index (κ1) is 27.5. The van der Waals surface area contributed by atoms with Crippen LogP contribution in [0.15, 0.2) is 46.6 Å². The molecule has 0 aliphatic rings. The summed E-state index contributed by atoms with van der Waals surface area (Å²) in [5.74, 6) is 0.108. The van der Waals surface area contributed by atoms with Crippen molar-refractivity contribution < 1.29 is 10.0 Å². The van der Waals surface area contributed by atoms with Crippen molar-refractivity contribution in [1.82, 2.24) is 0 Å². The molecule has 0 atom stereocenters. The van der Waals surface area contributed by atoms with E-state index in [1.165, 1.54) is 12.5 Å². The summed E-state index contributed by atoms with van der Waals surface area (Å²) in [5, 5.41) is 31.1. The molecule has 6 heteroatoms. The van der Waals surface area contributed by atoms with E-state index in [0.717, 1.165) is 56.1 Å². The molecule has 0 aliphatic carbocycles. The number of aromatic hydroxyl groups is 1. The number of nitro benzene ring substituents is 1. The second-order valence-electron chi connectivity index (χ2n) is 10.5. The highest BCUT2D eigenvalue weighted by Crippen LogP contribution is 2.45. The number of nitrogens with zero attached hydrogens (tertiary/aromatic N) is 3. The van der Waals surface area contributed by atoms with Gasteiger partial charge in [0.15, 0.2) is 5.69 Å². The SMILES string of the molecule is CCCCCC(C)(C)c1cc(N=Nc2ccccc2[N+](=O)[O-])c(O)c(C(C)(C)CCCCC)c1. The molecule has 0 aliphatic heterocycles. The summed E-state index contributed by atoms with van der Waals surface area (Å²) in [6.45, 7) is 13.2. The Morgan fingerprint density at radius 3 is 2.00 bits per heavy atom. The fourth-order valence-corrected chi connectivity index (χ4v) is 4.33. The Morgan fingerprint density at radius 1 is 0.853 bits per heavy atom. The molecule has 2 aromatic rings. The van der Waals surface area contributed by atoms with E-state index >= 15 is 0 Å². The normalized spacial score (nSPS) is 12.4. The van der Waals surface area contributed by atoms with Crippen molar-refractivity contribution in [3.63, 3.8) is 0 Å². The van der Waals surface area contributed by atoms with Gasteiger partial charge in [-0.3, -0.25) is 10.1 Å². The molecular weight excluding hydrogens is 426 g/mol. The minimum Gasteiger partial charge on any atom is -0.505 e. The Bertz CT molecular complexity index is 996. The van der Waals surface area contributed by atoms with Gasteiger partial charge in [0.05, 0.1) is 4.92 Å². The first-order chi connectivity index (χ1) is 16.0. The molecule has 0 saturated carbocycles. The lowest BCUT2D eigenvalue weighted by atomic mass is 9.74. The van der Waals surface area contributed by atoms with Gasteiger partial charge in [0, 0.05) is 11.6 Å². The molecule has 0 amide bonds. The number of unbranched alkanes of at least 4 members (excludes halogenated alkanes) is 4. The van der Waals surface area contributed by atoms with Crippen molar-refractivity contribution in [3.05, 3.63) is 57.6 Å². The predicted molar refractivity (Wildman–Crippen MR) is 140 cm³/mol. The van der Waals surface area contributed by atoms with Gasteiger partial charge in [-0.2, -0.15) is 0 Å². The fraction of sp³-hybridized carbons (Fsp3) is 0.571. The summed E-state index contributed by atoms with van der Waals surface area (Å²) in [7, 11) is 0. The summed E-state index contributed by atoms with van der Waals surface area (Å²) in [6.07, 6.45) is 8.83. The molecule has 2 aromatic carbocycles. The number of azo groups is 1. The number of rotatable bonds is 13. The van der Waals surface area contributed by atoms with Crippen molar-refractivity contribution in [1.29, 1.82) is 0 Å². The van der Waals surface area contributed by atoms with Crippen LogP contribution < -0.4 is 0 Å². The van der Waals surface area contributed by atoms with E-state index in [9.17, 15) is 15.2 Å². The van der Waals surface area contributed by atoms with Crippen LogP contribution >= 0.6 is 0 Å². The second-order valence-corrected chi connectivity index (χ2v) is 10.5. The zero-order chi connectivity index (χ0) is 25.4. The van der Waals surface area contributed by atoms with Gasteiger partial charge in [-0.25, -0.2) is 0 Å². The highest BCUT2D eigenvalue weighted by atomic mass is 16.6. The molecule has 0 fully saturated rings. The zero-order valence-electron chi connectivity index (χ0n) is 21.7. The van der Waals surface area contributed by atoms with Gasteiger partial charge in [-0.15, -0.1) is 10.2 Å². The van der Waals surface area contributed by atoms with E-state index in [2.05, 4.69) is 57.8 Å². The molecule has 0 heterocycles. The third-order valence-electron chi connectivity index (χ3n) is 6.75. The van der Waals surface area contributed by atoms with Crippen LogP contribution in [0.1, 0.15) is 104 Å². The number of phenols is 1. The molecule has 0 saturated heterocycles. The third-order valence-corrected chi connectivity index (χ3v) is 6.75. The molecule has 0 aromatic heterocycles. The average molecular weight is 468 g/mol. The average Bonchev–Trinajstić information content (AvgIpc) is 2.78. The molecule has 6 nitrogen and oxygen atoms in total. The van der Waals surface area contributed by atoms with Gasteiger partial charge in [0.2, 0.25) is 0 Å². The Balaban J connectivity index is 2.57. The van der Waals surface area contributed by atoms with Gasteiger partial charge < -0.3 is 5.11 Å². The van der Waals surface area contributed by atoms with Crippen LogP contribution in [0.2, 0.25) is 0 Å². The van der Waals surface area contributed by atoms with Crippen molar-refractivity contribution in [2.24, 2.45) is 10.2 Å². The molecule has 0 radical (unpaired) electrons. The van der Waals surface area contributed by atoms with Crippen LogP contribution in [0, 0.1) is 10.1 Å². The van der Waals surface area contributed by atoms with E-state index in [1.807, 2.05) is 6.07 Å².